The lowest BCUT2D eigenvalue weighted by Gasteiger charge is -2.15. The molecule has 0 aliphatic rings. The zero-order valence-electron chi connectivity index (χ0n) is 16.1. The number of rotatable bonds is 16. The smallest absolute Gasteiger partial charge is 0.306 e. The van der Waals surface area contributed by atoms with Crippen LogP contribution in [0, 0.1) is 0 Å². The van der Waals surface area contributed by atoms with Crippen molar-refractivity contribution in [1.82, 2.24) is 0 Å². The van der Waals surface area contributed by atoms with Crippen molar-refractivity contribution < 1.29 is 19.1 Å². The second kappa shape index (κ2) is 16.8. The molecule has 142 valence electrons. The van der Waals surface area contributed by atoms with Crippen LogP contribution < -0.4 is 0 Å². The summed E-state index contributed by atoms with van der Waals surface area (Å²) in [5, 5.41) is 0. The summed E-state index contributed by atoms with van der Waals surface area (Å²) >= 11 is 0. The van der Waals surface area contributed by atoms with Gasteiger partial charge in [0.05, 0.1) is 19.4 Å². The molecule has 0 aromatic rings. The molecule has 4 heteroatoms. The molecule has 0 amide bonds. The van der Waals surface area contributed by atoms with Crippen molar-refractivity contribution in [2.75, 3.05) is 6.61 Å². The van der Waals surface area contributed by atoms with Crippen molar-refractivity contribution in [3.05, 3.63) is 0 Å². The van der Waals surface area contributed by atoms with E-state index in [2.05, 4.69) is 13.8 Å². The third kappa shape index (κ3) is 14.5. The summed E-state index contributed by atoms with van der Waals surface area (Å²) in [6.07, 6.45) is 12.7. The number of carbonyl (C=O) groups is 2. The molecule has 0 heterocycles. The van der Waals surface area contributed by atoms with E-state index in [1.165, 1.54) is 38.5 Å². The Hall–Kier alpha value is -1.06. The highest BCUT2D eigenvalue weighted by Crippen LogP contribution is 2.10. The third-order valence-corrected chi connectivity index (χ3v) is 4.16. The first-order chi connectivity index (χ1) is 11.6. The first kappa shape index (κ1) is 22.9. The van der Waals surface area contributed by atoms with Gasteiger partial charge >= 0.3 is 11.9 Å². The third-order valence-electron chi connectivity index (χ3n) is 4.16. The monoisotopic (exact) mass is 342 g/mol. The number of hydrogen-bond acceptors (Lipinski definition) is 4. The van der Waals surface area contributed by atoms with Gasteiger partial charge in [-0.05, 0) is 19.3 Å². The first-order valence-electron chi connectivity index (χ1n) is 9.99. The van der Waals surface area contributed by atoms with Gasteiger partial charge in [0, 0.05) is 0 Å². The van der Waals surface area contributed by atoms with Gasteiger partial charge in [0.15, 0.2) is 0 Å². The maximum atomic E-state index is 11.7. The van der Waals surface area contributed by atoms with Gasteiger partial charge in [0.25, 0.3) is 0 Å². The van der Waals surface area contributed by atoms with E-state index >= 15 is 0 Å². The molecule has 0 radical (unpaired) electrons. The van der Waals surface area contributed by atoms with Crippen LogP contribution in [-0.2, 0) is 19.1 Å². The lowest BCUT2D eigenvalue weighted by molar-refractivity contribution is -0.154. The van der Waals surface area contributed by atoms with Gasteiger partial charge in [-0.3, -0.25) is 9.59 Å². The van der Waals surface area contributed by atoms with Gasteiger partial charge in [-0.15, -0.1) is 0 Å². The summed E-state index contributed by atoms with van der Waals surface area (Å²) in [6.45, 7) is 6.77. The average molecular weight is 343 g/mol. The number of unbranched alkanes of at least 4 members (excludes halogenated alkanes) is 7. The SMILES string of the molecule is CCCCCCCCCCOC(=O)CCC(=O)OC(CC)CCC. The fraction of sp³-hybridized carbons (Fsp3) is 0.900. The van der Waals surface area contributed by atoms with Crippen LogP contribution in [0.4, 0.5) is 0 Å². The molecule has 0 bridgehead atoms. The normalized spacial score (nSPS) is 12.0. The lowest BCUT2D eigenvalue weighted by atomic mass is 10.1. The van der Waals surface area contributed by atoms with E-state index in [1.807, 2.05) is 6.92 Å². The van der Waals surface area contributed by atoms with Gasteiger partial charge < -0.3 is 9.47 Å². The number of hydrogen-bond donors (Lipinski definition) is 0. The molecule has 4 nitrogen and oxygen atoms in total. The summed E-state index contributed by atoms with van der Waals surface area (Å²) in [6, 6.07) is 0. The van der Waals surface area contributed by atoms with Crippen molar-refractivity contribution in [3.63, 3.8) is 0 Å². The predicted octanol–water partition coefficient (Wildman–Crippen LogP) is 5.57. The maximum Gasteiger partial charge on any atom is 0.306 e. The Bertz CT molecular complexity index is 315. The zero-order valence-corrected chi connectivity index (χ0v) is 16.1. The van der Waals surface area contributed by atoms with Gasteiger partial charge in [-0.2, -0.15) is 0 Å². The van der Waals surface area contributed by atoms with Crippen molar-refractivity contribution in [1.29, 1.82) is 0 Å². The number of carbonyl (C=O) groups excluding carboxylic acids is 2. The highest BCUT2D eigenvalue weighted by atomic mass is 16.5. The molecule has 0 aromatic heterocycles. The highest BCUT2D eigenvalue weighted by molar-refractivity contribution is 5.77. The topological polar surface area (TPSA) is 52.6 Å². The summed E-state index contributed by atoms with van der Waals surface area (Å²) in [5.74, 6) is -0.585. The van der Waals surface area contributed by atoms with Gasteiger partial charge in [0.2, 0.25) is 0 Å². The van der Waals surface area contributed by atoms with Crippen LogP contribution in [0.1, 0.15) is 104 Å². The standard InChI is InChI=1S/C20H38O4/c1-4-7-8-9-10-11-12-13-17-23-19(21)15-16-20(22)24-18(6-3)14-5-2/h18H,4-17H2,1-3H3. The average Bonchev–Trinajstić information content (AvgIpc) is 2.58. The Labute approximate surface area is 148 Å². The Balaban J connectivity index is 3.50. The molecular formula is C20H38O4. The van der Waals surface area contributed by atoms with E-state index in [1.54, 1.807) is 0 Å². The molecule has 0 aliphatic heterocycles. The van der Waals surface area contributed by atoms with Gasteiger partial charge in [0.1, 0.15) is 6.10 Å². The molecule has 0 saturated carbocycles. The quantitative estimate of drug-likeness (QED) is 0.272. The van der Waals surface area contributed by atoms with Gasteiger partial charge in [-0.25, -0.2) is 0 Å². The fourth-order valence-electron chi connectivity index (χ4n) is 2.61. The molecule has 0 spiro atoms. The molecular weight excluding hydrogens is 304 g/mol. The van der Waals surface area contributed by atoms with Crippen LogP contribution in [-0.4, -0.2) is 24.6 Å². The summed E-state index contributed by atoms with van der Waals surface area (Å²) < 4.78 is 10.5. The van der Waals surface area contributed by atoms with Crippen LogP contribution in [0.3, 0.4) is 0 Å². The molecule has 0 saturated heterocycles. The maximum absolute atomic E-state index is 11.7. The van der Waals surface area contributed by atoms with E-state index < -0.39 is 0 Å². The molecule has 1 unspecified atom stereocenters. The molecule has 0 N–H and O–H groups in total. The van der Waals surface area contributed by atoms with Crippen LogP contribution in [0.5, 0.6) is 0 Å². The van der Waals surface area contributed by atoms with E-state index in [0.29, 0.717) is 6.61 Å². The first-order valence-corrected chi connectivity index (χ1v) is 9.99. The Morgan fingerprint density at radius 2 is 1.33 bits per heavy atom. The molecule has 0 fully saturated rings. The molecule has 24 heavy (non-hydrogen) atoms. The lowest BCUT2D eigenvalue weighted by Crippen LogP contribution is -2.18. The number of esters is 2. The highest BCUT2D eigenvalue weighted by Gasteiger charge is 2.13. The van der Waals surface area contributed by atoms with E-state index in [0.717, 1.165) is 32.1 Å². The summed E-state index contributed by atoms with van der Waals surface area (Å²) in [7, 11) is 0. The minimum atomic E-state index is -0.293. The minimum Gasteiger partial charge on any atom is -0.466 e. The molecule has 0 rings (SSSR count). The van der Waals surface area contributed by atoms with Crippen molar-refractivity contribution in [2.24, 2.45) is 0 Å². The largest absolute Gasteiger partial charge is 0.466 e. The Morgan fingerprint density at radius 3 is 1.92 bits per heavy atom. The van der Waals surface area contributed by atoms with Crippen molar-refractivity contribution in [3.8, 4) is 0 Å². The minimum absolute atomic E-state index is 0.0177. The fourth-order valence-corrected chi connectivity index (χ4v) is 2.61. The van der Waals surface area contributed by atoms with E-state index in [4.69, 9.17) is 9.47 Å². The second-order valence-corrected chi connectivity index (χ2v) is 6.50. The predicted molar refractivity (Wildman–Crippen MR) is 97.9 cm³/mol. The Kier molecular flexibility index (Phi) is 16.0. The summed E-state index contributed by atoms with van der Waals surface area (Å²) in [4.78, 5) is 23.3. The number of ether oxygens (including phenoxy) is 2. The van der Waals surface area contributed by atoms with Crippen molar-refractivity contribution in [2.45, 2.75) is 110 Å². The summed E-state index contributed by atoms with van der Waals surface area (Å²) in [5.41, 5.74) is 0. The zero-order chi connectivity index (χ0) is 18.0. The van der Waals surface area contributed by atoms with Gasteiger partial charge in [-0.1, -0.05) is 72.1 Å². The second-order valence-electron chi connectivity index (χ2n) is 6.50. The molecule has 1 atom stereocenters. The van der Waals surface area contributed by atoms with Crippen LogP contribution >= 0.6 is 0 Å². The molecule has 0 aliphatic carbocycles. The van der Waals surface area contributed by atoms with Crippen LogP contribution in [0.15, 0.2) is 0 Å². The van der Waals surface area contributed by atoms with E-state index in [9.17, 15) is 9.59 Å². The Morgan fingerprint density at radius 1 is 0.750 bits per heavy atom. The van der Waals surface area contributed by atoms with Crippen LogP contribution in [0.2, 0.25) is 0 Å². The van der Waals surface area contributed by atoms with E-state index in [-0.39, 0.29) is 30.9 Å². The van der Waals surface area contributed by atoms with Crippen LogP contribution in [0.25, 0.3) is 0 Å². The van der Waals surface area contributed by atoms with Crippen molar-refractivity contribution >= 4 is 11.9 Å². The molecule has 0 aromatic carbocycles.